The van der Waals surface area contributed by atoms with E-state index in [0.29, 0.717) is 0 Å². The number of benzene rings is 1. The first-order valence-corrected chi connectivity index (χ1v) is 8.34. The number of halogens is 2. The lowest BCUT2D eigenvalue weighted by Crippen LogP contribution is -2.02. The molecular formula is C12H9BrClNO3S. The highest BCUT2D eigenvalue weighted by atomic mass is 79.9. The molecule has 0 aliphatic rings. The summed E-state index contributed by atoms with van der Waals surface area (Å²) >= 11 is 3.35. The first kappa shape index (κ1) is 14.3. The molecule has 0 unspecified atom stereocenters. The molecule has 0 saturated carbocycles. The van der Waals surface area contributed by atoms with Gasteiger partial charge in [0.05, 0.1) is 0 Å². The van der Waals surface area contributed by atoms with Crippen molar-refractivity contribution < 1.29 is 13.2 Å². The van der Waals surface area contributed by atoms with Gasteiger partial charge < -0.3 is 4.74 Å². The summed E-state index contributed by atoms with van der Waals surface area (Å²) in [6.45, 7) is 0.204. The average molecular weight is 363 g/mol. The van der Waals surface area contributed by atoms with Crippen LogP contribution in [-0.2, 0) is 15.7 Å². The van der Waals surface area contributed by atoms with Gasteiger partial charge in [-0.05, 0) is 29.8 Å². The maximum atomic E-state index is 11.4. The van der Waals surface area contributed by atoms with E-state index in [1.165, 1.54) is 18.3 Å². The van der Waals surface area contributed by atoms with E-state index in [0.717, 1.165) is 10.0 Å². The molecule has 19 heavy (non-hydrogen) atoms. The van der Waals surface area contributed by atoms with Crippen molar-refractivity contribution in [2.75, 3.05) is 0 Å². The van der Waals surface area contributed by atoms with Crippen molar-refractivity contribution in [2.24, 2.45) is 0 Å². The number of rotatable bonds is 4. The van der Waals surface area contributed by atoms with Crippen LogP contribution in [-0.4, -0.2) is 13.4 Å². The maximum Gasteiger partial charge on any atom is 0.266 e. The smallest absolute Gasteiger partial charge is 0.266 e. The maximum absolute atomic E-state index is 11.4. The van der Waals surface area contributed by atoms with Gasteiger partial charge in [-0.15, -0.1) is 0 Å². The molecule has 2 aromatic rings. The zero-order valence-electron chi connectivity index (χ0n) is 9.58. The highest BCUT2D eigenvalue weighted by Crippen LogP contribution is 2.25. The predicted molar refractivity (Wildman–Crippen MR) is 75.7 cm³/mol. The van der Waals surface area contributed by atoms with Gasteiger partial charge in [-0.2, -0.15) is 0 Å². The molecular weight excluding hydrogens is 354 g/mol. The standard InChI is InChI=1S/C12H9BrClNO3S/c13-10-4-1-3-9(7-10)8-18-12-11(19(14,16)17)5-2-6-15-12/h1-7H,8H2. The molecule has 0 saturated heterocycles. The predicted octanol–water partition coefficient (Wildman–Crippen LogP) is 3.35. The van der Waals surface area contributed by atoms with Gasteiger partial charge in [0.2, 0.25) is 5.88 Å². The monoisotopic (exact) mass is 361 g/mol. The zero-order chi connectivity index (χ0) is 13.9. The number of ether oxygens (including phenoxy) is 1. The summed E-state index contributed by atoms with van der Waals surface area (Å²) in [4.78, 5) is 3.75. The molecule has 100 valence electrons. The van der Waals surface area contributed by atoms with Crippen molar-refractivity contribution in [3.05, 3.63) is 52.6 Å². The Balaban J connectivity index is 2.21. The van der Waals surface area contributed by atoms with Crippen LogP contribution in [0.15, 0.2) is 52.0 Å². The molecule has 4 nitrogen and oxygen atoms in total. The summed E-state index contributed by atoms with van der Waals surface area (Å²) in [5, 5.41) is 0. The van der Waals surface area contributed by atoms with Crippen molar-refractivity contribution in [2.45, 2.75) is 11.5 Å². The summed E-state index contributed by atoms with van der Waals surface area (Å²) < 4.78 is 29.0. The van der Waals surface area contributed by atoms with Gasteiger partial charge in [-0.25, -0.2) is 13.4 Å². The molecule has 1 aromatic carbocycles. The lowest BCUT2D eigenvalue weighted by Gasteiger charge is -2.08. The van der Waals surface area contributed by atoms with Crippen LogP contribution in [0.3, 0.4) is 0 Å². The number of hydrogen-bond donors (Lipinski definition) is 0. The Morgan fingerprint density at radius 1 is 1.26 bits per heavy atom. The van der Waals surface area contributed by atoms with E-state index >= 15 is 0 Å². The lowest BCUT2D eigenvalue weighted by atomic mass is 10.2. The van der Waals surface area contributed by atoms with Gasteiger partial charge in [0.25, 0.3) is 9.05 Å². The first-order valence-electron chi connectivity index (χ1n) is 5.24. The molecule has 0 N–H and O–H groups in total. The lowest BCUT2D eigenvalue weighted by molar-refractivity contribution is 0.285. The van der Waals surface area contributed by atoms with Crippen molar-refractivity contribution in [1.29, 1.82) is 0 Å². The van der Waals surface area contributed by atoms with Gasteiger partial charge in [0.1, 0.15) is 11.5 Å². The Labute approximate surface area is 123 Å². The molecule has 7 heteroatoms. The molecule has 1 heterocycles. The van der Waals surface area contributed by atoms with Crippen molar-refractivity contribution >= 4 is 35.7 Å². The molecule has 0 fully saturated rings. The second kappa shape index (κ2) is 5.90. The van der Waals surface area contributed by atoms with Crippen molar-refractivity contribution in [3.8, 4) is 5.88 Å². The fourth-order valence-corrected chi connectivity index (χ4v) is 2.81. The van der Waals surface area contributed by atoms with E-state index in [1.54, 1.807) is 0 Å². The van der Waals surface area contributed by atoms with Crippen LogP contribution < -0.4 is 4.74 Å². The minimum atomic E-state index is -3.87. The van der Waals surface area contributed by atoms with Crippen molar-refractivity contribution in [1.82, 2.24) is 4.98 Å². The summed E-state index contributed by atoms with van der Waals surface area (Å²) in [6.07, 6.45) is 1.45. The first-order chi connectivity index (χ1) is 8.97. The number of aromatic nitrogens is 1. The topological polar surface area (TPSA) is 56.3 Å². The highest BCUT2D eigenvalue weighted by Gasteiger charge is 2.17. The number of nitrogens with zero attached hydrogens (tertiary/aromatic N) is 1. The minimum absolute atomic E-state index is 0.00234. The van der Waals surface area contributed by atoms with Crippen LogP contribution in [0.4, 0.5) is 0 Å². The molecule has 0 aliphatic carbocycles. The Hall–Kier alpha value is -1.11. The Bertz CT molecular complexity index is 691. The Kier molecular flexibility index (Phi) is 4.44. The van der Waals surface area contributed by atoms with Crippen LogP contribution in [0.5, 0.6) is 5.88 Å². The second-order valence-electron chi connectivity index (χ2n) is 3.66. The third kappa shape index (κ3) is 3.92. The fraction of sp³-hybridized carbons (Fsp3) is 0.0833. The third-order valence-corrected chi connectivity index (χ3v) is 4.09. The molecule has 0 bridgehead atoms. The van der Waals surface area contributed by atoms with E-state index in [-0.39, 0.29) is 17.4 Å². The Morgan fingerprint density at radius 3 is 2.74 bits per heavy atom. The van der Waals surface area contributed by atoms with E-state index in [4.69, 9.17) is 15.4 Å². The van der Waals surface area contributed by atoms with Gasteiger partial charge in [-0.3, -0.25) is 0 Å². The normalized spacial score (nSPS) is 11.3. The zero-order valence-corrected chi connectivity index (χ0v) is 12.7. The molecule has 0 atom stereocenters. The third-order valence-electron chi connectivity index (χ3n) is 2.26. The van der Waals surface area contributed by atoms with Crippen LogP contribution >= 0.6 is 26.6 Å². The van der Waals surface area contributed by atoms with E-state index < -0.39 is 9.05 Å². The van der Waals surface area contributed by atoms with Crippen LogP contribution in [0, 0.1) is 0 Å². The van der Waals surface area contributed by atoms with Crippen LogP contribution in [0.25, 0.3) is 0 Å². The summed E-state index contributed by atoms with van der Waals surface area (Å²) in [7, 11) is 1.44. The fourth-order valence-electron chi connectivity index (χ4n) is 1.45. The van der Waals surface area contributed by atoms with E-state index in [1.807, 2.05) is 24.3 Å². The molecule has 1 aromatic heterocycles. The molecule has 2 rings (SSSR count). The largest absolute Gasteiger partial charge is 0.472 e. The van der Waals surface area contributed by atoms with Gasteiger partial charge in [0, 0.05) is 21.4 Å². The molecule has 0 amide bonds. The average Bonchev–Trinajstić information content (AvgIpc) is 2.36. The summed E-state index contributed by atoms with van der Waals surface area (Å²) in [5.74, 6) is -0.00234. The van der Waals surface area contributed by atoms with E-state index in [9.17, 15) is 8.42 Å². The van der Waals surface area contributed by atoms with Crippen LogP contribution in [0.2, 0.25) is 0 Å². The van der Waals surface area contributed by atoms with Gasteiger partial charge >= 0.3 is 0 Å². The summed E-state index contributed by atoms with van der Waals surface area (Å²) in [5.41, 5.74) is 0.887. The second-order valence-corrected chi connectivity index (χ2v) is 7.11. The minimum Gasteiger partial charge on any atom is -0.472 e. The van der Waals surface area contributed by atoms with Crippen LogP contribution in [0.1, 0.15) is 5.56 Å². The number of pyridine rings is 1. The molecule has 0 aliphatic heterocycles. The van der Waals surface area contributed by atoms with Gasteiger partial charge in [-0.1, -0.05) is 28.1 Å². The highest BCUT2D eigenvalue weighted by molar-refractivity contribution is 9.10. The quantitative estimate of drug-likeness (QED) is 0.783. The van der Waals surface area contributed by atoms with Gasteiger partial charge in [0.15, 0.2) is 0 Å². The molecule has 0 radical (unpaired) electrons. The SMILES string of the molecule is O=S(=O)(Cl)c1cccnc1OCc1cccc(Br)c1. The number of hydrogen-bond acceptors (Lipinski definition) is 4. The Morgan fingerprint density at radius 2 is 2.05 bits per heavy atom. The summed E-state index contributed by atoms with van der Waals surface area (Å²) in [6, 6.07) is 10.3. The van der Waals surface area contributed by atoms with E-state index in [2.05, 4.69) is 20.9 Å². The molecule has 0 spiro atoms. The van der Waals surface area contributed by atoms with Crippen molar-refractivity contribution in [3.63, 3.8) is 0 Å².